The fourth-order valence-electron chi connectivity index (χ4n) is 2.62. The van der Waals surface area contributed by atoms with Crippen molar-refractivity contribution in [3.63, 3.8) is 0 Å². The molecule has 2 aromatic heterocycles. The van der Waals surface area contributed by atoms with Crippen molar-refractivity contribution in [2.45, 2.75) is 25.8 Å². The lowest BCUT2D eigenvalue weighted by molar-refractivity contribution is -0.384. The maximum Gasteiger partial charge on any atom is 0.311 e. The number of nitro groups is 1. The van der Waals surface area contributed by atoms with Crippen LogP contribution in [0.2, 0.25) is 0 Å². The Morgan fingerprint density at radius 2 is 2.40 bits per heavy atom. The molecule has 0 bridgehead atoms. The molecule has 0 spiro atoms. The van der Waals surface area contributed by atoms with E-state index in [1.54, 1.807) is 12.3 Å². The van der Waals surface area contributed by atoms with E-state index < -0.39 is 4.92 Å². The van der Waals surface area contributed by atoms with E-state index in [0.717, 1.165) is 30.8 Å². The first kappa shape index (κ1) is 12.6. The minimum absolute atomic E-state index is 0.0129. The molecule has 1 fully saturated rings. The number of hydrogen-bond acceptors (Lipinski definition) is 6. The van der Waals surface area contributed by atoms with Crippen LogP contribution >= 0.6 is 0 Å². The number of nitrogens with zero attached hydrogens (tertiary/aromatic N) is 4. The summed E-state index contributed by atoms with van der Waals surface area (Å²) in [5.74, 6) is 1.14. The van der Waals surface area contributed by atoms with Gasteiger partial charge in [-0.1, -0.05) is 5.16 Å². The summed E-state index contributed by atoms with van der Waals surface area (Å²) in [5.41, 5.74) is 0.833. The van der Waals surface area contributed by atoms with Gasteiger partial charge in [0.25, 0.3) is 0 Å². The SMILES string of the molecule is Cc1cc([C@@H]2CCCN2c2ncccc2[N+](=O)[O-])no1. The number of rotatable bonds is 3. The maximum atomic E-state index is 11.1. The van der Waals surface area contributed by atoms with Gasteiger partial charge in [0.05, 0.1) is 11.0 Å². The standard InChI is InChI=1S/C13H14N4O3/c1-9-8-10(15-20-9)11-5-3-7-16(11)13-12(17(18)19)4-2-6-14-13/h2,4,6,8,11H,3,5,7H2,1H3/t11-/m0/s1. The Morgan fingerprint density at radius 3 is 3.10 bits per heavy atom. The van der Waals surface area contributed by atoms with E-state index in [0.29, 0.717) is 5.82 Å². The molecule has 0 unspecified atom stereocenters. The van der Waals surface area contributed by atoms with E-state index in [4.69, 9.17) is 4.52 Å². The number of anilines is 1. The summed E-state index contributed by atoms with van der Waals surface area (Å²) in [4.78, 5) is 16.9. The molecule has 0 saturated carbocycles. The van der Waals surface area contributed by atoms with Gasteiger partial charge in [-0.2, -0.15) is 0 Å². The lowest BCUT2D eigenvalue weighted by Crippen LogP contribution is -2.24. The Kier molecular flexibility index (Phi) is 3.09. The van der Waals surface area contributed by atoms with E-state index in [2.05, 4.69) is 10.1 Å². The summed E-state index contributed by atoms with van der Waals surface area (Å²) in [6.45, 7) is 2.56. The molecule has 104 valence electrons. The predicted molar refractivity (Wildman–Crippen MR) is 71.5 cm³/mol. The minimum atomic E-state index is -0.397. The Bertz CT molecular complexity index is 640. The summed E-state index contributed by atoms with van der Waals surface area (Å²) in [6.07, 6.45) is 3.41. The molecule has 7 nitrogen and oxygen atoms in total. The van der Waals surface area contributed by atoms with Gasteiger partial charge in [-0.3, -0.25) is 10.1 Å². The van der Waals surface area contributed by atoms with Crippen LogP contribution in [0.15, 0.2) is 28.9 Å². The zero-order chi connectivity index (χ0) is 14.1. The van der Waals surface area contributed by atoms with Gasteiger partial charge in [0, 0.05) is 24.9 Å². The third-order valence-electron chi connectivity index (χ3n) is 3.48. The van der Waals surface area contributed by atoms with Crippen molar-refractivity contribution in [1.82, 2.24) is 10.1 Å². The van der Waals surface area contributed by atoms with Crippen LogP contribution < -0.4 is 4.90 Å². The molecule has 1 aliphatic heterocycles. The number of hydrogen-bond donors (Lipinski definition) is 0. The van der Waals surface area contributed by atoms with E-state index in [-0.39, 0.29) is 11.7 Å². The minimum Gasteiger partial charge on any atom is -0.361 e. The van der Waals surface area contributed by atoms with Crippen LogP contribution in [0.3, 0.4) is 0 Å². The first-order chi connectivity index (χ1) is 9.66. The highest BCUT2D eigenvalue weighted by Gasteiger charge is 2.33. The zero-order valence-electron chi connectivity index (χ0n) is 11.0. The summed E-state index contributed by atoms with van der Waals surface area (Å²) in [7, 11) is 0. The quantitative estimate of drug-likeness (QED) is 0.631. The van der Waals surface area contributed by atoms with Crippen molar-refractivity contribution in [3.8, 4) is 0 Å². The Labute approximate surface area is 115 Å². The van der Waals surface area contributed by atoms with Crippen molar-refractivity contribution >= 4 is 11.5 Å². The Balaban J connectivity index is 1.99. The molecule has 1 atom stereocenters. The van der Waals surface area contributed by atoms with Crippen LogP contribution in [0.5, 0.6) is 0 Å². The molecule has 1 saturated heterocycles. The van der Waals surface area contributed by atoms with Crippen molar-refractivity contribution in [2.75, 3.05) is 11.4 Å². The molecule has 20 heavy (non-hydrogen) atoms. The number of aryl methyl sites for hydroxylation is 1. The normalized spacial score (nSPS) is 18.4. The van der Waals surface area contributed by atoms with Gasteiger partial charge in [0.15, 0.2) is 0 Å². The molecule has 0 N–H and O–H groups in total. The summed E-state index contributed by atoms with van der Waals surface area (Å²) >= 11 is 0. The molecule has 1 aliphatic rings. The van der Waals surface area contributed by atoms with E-state index in [1.807, 2.05) is 17.9 Å². The van der Waals surface area contributed by atoms with Gasteiger partial charge < -0.3 is 9.42 Å². The molecular weight excluding hydrogens is 260 g/mol. The Hall–Kier alpha value is -2.44. The largest absolute Gasteiger partial charge is 0.361 e. The lowest BCUT2D eigenvalue weighted by Gasteiger charge is -2.23. The summed E-state index contributed by atoms with van der Waals surface area (Å²) in [6, 6.07) is 4.91. The van der Waals surface area contributed by atoms with Crippen molar-refractivity contribution in [3.05, 3.63) is 46.0 Å². The van der Waals surface area contributed by atoms with E-state index >= 15 is 0 Å². The van der Waals surface area contributed by atoms with Crippen LogP contribution in [0.25, 0.3) is 0 Å². The van der Waals surface area contributed by atoms with Crippen LogP contribution in [0.4, 0.5) is 11.5 Å². The highest BCUT2D eigenvalue weighted by Crippen LogP contribution is 2.38. The zero-order valence-corrected chi connectivity index (χ0v) is 11.0. The smallest absolute Gasteiger partial charge is 0.311 e. The summed E-state index contributed by atoms with van der Waals surface area (Å²) in [5, 5.41) is 15.2. The lowest BCUT2D eigenvalue weighted by atomic mass is 10.1. The van der Waals surface area contributed by atoms with Crippen LogP contribution in [0, 0.1) is 17.0 Å². The molecule has 0 aliphatic carbocycles. The average Bonchev–Trinajstić information content (AvgIpc) is 3.06. The van der Waals surface area contributed by atoms with Gasteiger partial charge in [-0.05, 0) is 25.8 Å². The second kappa shape index (κ2) is 4.92. The number of aromatic nitrogens is 2. The number of pyridine rings is 1. The predicted octanol–water partition coefficient (Wildman–Crippen LogP) is 2.63. The average molecular weight is 274 g/mol. The molecule has 3 rings (SSSR count). The van der Waals surface area contributed by atoms with E-state index in [9.17, 15) is 10.1 Å². The van der Waals surface area contributed by atoms with E-state index in [1.165, 1.54) is 6.07 Å². The highest BCUT2D eigenvalue weighted by atomic mass is 16.6. The van der Waals surface area contributed by atoms with Crippen molar-refractivity contribution < 1.29 is 9.45 Å². The van der Waals surface area contributed by atoms with Gasteiger partial charge in [0.1, 0.15) is 11.5 Å². The van der Waals surface area contributed by atoms with Crippen molar-refractivity contribution in [1.29, 1.82) is 0 Å². The van der Waals surface area contributed by atoms with Crippen molar-refractivity contribution in [2.24, 2.45) is 0 Å². The second-order valence-electron chi connectivity index (χ2n) is 4.82. The molecule has 7 heteroatoms. The Morgan fingerprint density at radius 1 is 1.55 bits per heavy atom. The highest BCUT2D eigenvalue weighted by molar-refractivity contribution is 5.59. The maximum absolute atomic E-state index is 11.1. The molecule has 0 amide bonds. The van der Waals surface area contributed by atoms with Gasteiger partial charge in [-0.25, -0.2) is 4.98 Å². The van der Waals surface area contributed by atoms with Crippen LogP contribution in [0.1, 0.15) is 30.3 Å². The first-order valence-electron chi connectivity index (χ1n) is 6.46. The molecule has 3 heterocycles. The summed E-state index contributed by atoms with van der Waals surface area (Å²) < 4.78 is 5.11. The first-order valence-corrected chi connectivity index (χ1v) is 6.46. The fraction of sp³-hybridized carbons (Fsp3) is 0.385. The third-order valence-corrected chi connectivity index (χ3v) is 3.48. The topological polar surface area (TPSA) is 85.3 Å². The van der Waals surface area contributed by atoms with Crippen LogP contribution in [-0.2, 0) is 0 Å². The molecular formula is C13H14N4O3. The fourth-order valence-corrected chi connectivity index (χ4v) is 2.62. The third kappa shape index (κ3) is 2.11. The van der Waals surface area contributed by atoms with Gasteiger partial charge in [0.2, 0.25) is 5.82 Å². The molecule has 0 aromatic carbocycles. The molecule has 2 aromatic rings. The van der Waals surface area contributed by atoms with Gasteiger partial charge >= 0.3 is 5.69 Å². The monoisotopic (exact) mass is 274 g/mol. The second-order valence-corrected chi connectivity index (χ2v) is 4.82. The molecule has 0 radical (unpaired) electrons. The van der Waals surface area contributed by atoms with Crippen LogP contribution in [-0.4, -0.2) is 21.6 Å². The van der Waals surface area contributed by atoms with Gasteiger partial charge in [-0.15, -0.1) is 0 Å².